The number of hydrogen-bond donors (Lipinski definition) is 0. The minimum Gasteiger partial charge on any atom is -0.458 e. The van der Waals surface area contributed by atoms with E-state index in [1.165, 1.54) is 11.8 Å². The summed E-state index contributed by atoms with van der Waals surface area (Å²) in [6.07, 6.45) is 1.56. The van der Waals surface area contributed by atoms with Crippen LogP contribution in [-0.2, 0) is 16.1 Å². The van der Waals surface area contributed by atoms with Gasteiger partial charge in [0.25, 0.3) is 0 Å². The lowest BCUT2D eigenvalue weighted by molar-refractivity contribution is -0.141. The lowest BCUT2D eigenvalue weighted by atomic mass is 10.2. The third-order valence-electron chi connectivity index (χ3n) is 3.15. The van der Waals surface area contributed by atoms with Gasteiger partial charge in [-0.05, 0) is 24.6 Å². The summed E-state index contributed by atoms with van der Waals surface area (Å²) in [6, 6.07) is 5.63. The Labute approximate surface area is 161 Å². The van der Waals surface area contributed by atoms with Gasteiger partial charge < -0.3 is 4.74 Å². The van der Waals surface area contributed by atoms with E-state index in [-0.39, 0.29) is 12.4 Å². The maximum atomic E-state index is 11.9. The van der Waals surface area contributed by atoms with Crippen LogP contribution in [0.5, 0.6) is 0 Å². The number of ether oxygens (including phenoxy) is 1. The molecule has 2 heterocycles. The summed E-state index contributed by atoms with van der Waals surface area (Å²) in [5.41, 5.74) is 2.24. The molecular weight excluding hydrogens is 405 g/mol. The molecule has 0 spiro atoms. The number of esters is 1. The third kappa shape index (κ3) is 4.49. The molecule has 0 radical (unpaired) electrons. The number of thioether (sulfide) groups is 1. The van der Waals surface area contributed by atoms with Crippen LogP contribution in [0.4, 0.5) is 0 Å². The van der Waals surface area contributed by atoms with Crippen LogP contribution in [0, 0.1) is 6.92 Å². The molecule has 3 aromatic rings. The van der Waals surface area contributed by atoms with Crippen molar-refractivity contribution in [1.82, 2.24) is 24.4 Å². The maximum Gasteiger partial charge on any atom is 0.316 e. The predicted molar refractivity (Wildman–Crippen MR) is 96.5 cm³/mol. The first-order chi connectivity index (χ1) is 12.0. The number of rotatable bonds is 6. The average molecular weight is 416 g/mol. The van der Waals surface area contributed by atoms with Crippen molar-refractivity contribution < 1.29 is 9.53 Å². The van der Waals surface area contributed by atoms with Crippen molar-refractivity contribution in [3.63, 3.8) is 0 Å². The minimum absolute atomic E-state index is 0.00497. The molecule has 0 saturated heterocycles. The first-order valence-corrected chi connectivity index (χ1v) is 9.48. The Kier molecular flexibility index (Phi) is 5.89. The summed E-state index contributed by atoms with van der Waals surface area (Å²) in [5, 5.41) is 12.9. The molecule has 0 saturated carbocycles. The predicted octanol–water partition coefficient (Wildman–Crippen LogP) is 3.57. The van der Waals surface area contributed by atoms with Gasteiger partial charge in [-0.2, -0.15) is 0 Å². The first-order valence-electron chi connectivity index (χ1n) is 6.96. The number of aromatic nitrogens is 5. The molecule has 0 fully saturated rings. The number of halogens is 2. The molecule has 0 bridgehead atoms. The fourth-order valence-corrected chi connectivity index (χ4v) is 3.33. The molecule has 25 heavy (non-hydrogen) atoms. The van der Waals surface area contributed by atoms with Gasteiger partial charge in [0.15, 0.2) is 5.16 Å². The van der Waals surface area contributed by atoms with Crippen molar-refractivity contribution in [2.45, 2.75) is 18.7 Å². The van der Waals surface area contributed by atoms with Crippen LogP contribution in [0.15, 0.2) is 29.7 Å². The molecule has 0 aliphatic heterocycles. The Morgan fingerprint density at radius 2 is 2.20 bits per heavy atom. The van der Waals surface area contributed by atoms with Gasteiger partial charge in [0.2, 0.25) is 0 Å². The normalized spacial score (nSPS) is 10.8. The van der Waals surface area contributed by atoms with Gasteiger partial charge in [-0.1, -0.05) is 45.5 Å². The number of benzene rings is 1. The van der Waals surface area contributed by atoms with E-state index in [2.05, 4.69) is 19.8 Å². The average Bonchev–Trinajstić information content (AvgIpc) is 3.22. The monoisotopic (exact) mass is 415 g/mol. The molecule has 2 aromatic heterocycles. The van der Waals surface area contributed by atoms with Crippen molar-refractivity contribution in [3.8, 4) is 5.69 Å². The molecule has 3 rings (SSSR count). The number of carbonyl (C=O) groups is 1. The number of hydrogen-bond acceptors (Lipinski definition) is 8. The van der Waals surface area contributed by atoms with E-state index >= 15 is 0 Å². The van der Waals surface area contributed by atoms with E-state index in [1.54, 1.807) is 10.9 Å². The van der Waals surface area contributed by atoms with Crippen molar-refractivity contribution >= 4 is 52.5 Å². The van der Waals surface area contributed by atoms with Crippen LogP contribution in [0.1, 0.15) is 11.3 Å². The smallest absolute Gasteiger partial charge is 0.316 e. The van der Waals surface area contributed by atoms with Crippen LogP contribution in [0.25, 0.3) is 5.69 Å². The van der Waals surface area contributed by atoms with Crippen molar-refractivity contribution in [1.29, 1.82) is 0 Å². The molecule has 0 aliphatic carbocycles. The summed E-state index contributed by atoms with van der Waals surface area (Å²) in [6.45, 7) is 1.92. The van der Waals surface area contributed by atoms with Gasteiger partial charge in [-0.25, -0.2) is 0 Å². The molecule has 0 amide bonds. The zero-order valence-electron chi connectivity index (χ0n) is 12.8. The lowest BCUT2D eigenvalue weighted by Crippen LogP contribution is -2.08. The number of nitrogens with zero attached hydrogens (tertiary/aromatic N) is 5. The molecule has 0 atom stereocenters. The molecule has 0 N–H and O–H groups in total. The number of carbonyl (C=O) groups excluding carboxylic acids is 1. The second-order valence-corrected chi connectivity index (χ2v) is 7.57. The van der Waals surface area contributed by atoms with Gasteiger partial charge in [-0.3, -0.25) is 9.36 Å². The molecule has 0 aliphatic rings. The molecule has 0 unspecified atom stereocenters. The highest BCUT2D eigenvalue weighted by atomic mass is 35.5. The highest BCUT2D eigenvalue weighted by Crippen LogP contribution is 2.24. The Morgan fingerprint density at radius 3 is 2.92 bits per heavy atom. The van der Waals surface area contributed by atoms with Crippen LogP contribution in [0.3, 0.4) is 0 Å². The third-order valence-corrected chi connectivity index (χ3v) is 5.46. The van der Waals surface area contributed by atoms with E-state index in [1.807, 2.05) is 25.1 Å². The highest BCUT2D eigenvalue weighted by molar-refractivity contribution is 7.99. The van der Waals surface area contributed by atoms with E-state index in [0.717, 1.165) is 22.8 Å². The maximum absolute atomic E-state index is 11.9. The second kappa shape index (κ2) is 8.13. The van der Waals surface area contributed by atoms with Gasteiger partial charge in [-0.15, -0.1) is 15.3 Å². The summed E-state index contributed by atoms with van der Waals surface area (Å²) >= 11 is 14.3. The zero-order chi connectivity index (χ0) is 17.8. The highest BCUT2D eigenvalue weighted by Gasteiger charge is 2.13. The quantitative estimate of drug-likeness (QED) is 0.449. The molecule has 1 aromatic carbocycles. The SMILES string of the molecule is Cc1ccc(-n2cnnc2SCC(=O)OCc2nnsc2Cl)cc1Cl. The van der Waals surface area contributed by atoms with Crippen molar-refractivity contribution in [2.24, 2.45) is 0 Å². The van der Waals surface area contributed by atoms with Crippen molar-refractivity contribution in [3.05, 3.63) is 45.1 Å². The van der Waals surface area contributed by atoms with Gasteiger partial charge in [0, 0.05) is 16.6 Å². The Bertz CT molecular complexity index is 899. The van der Waals surface area contributed by atoms with Gasteiger partial charge >= 0.3 is 5.97 Å². The second-order valence-electron chi connectivity index (χ2n) is 4.86. The van der Waals surface area contributed by atoms with Gasteiger partial charge in [0.1, 0.15) is 23.0 Å². The fourth-order valence-electron chi connectivity index (χ4n) is 1.83. The first kappa shape index (κ1) is 18.1. The lowest BCUT2D eigenvalue weighted by Gasteiger charge is -2.08. The molecule has 11 heteroatoms. The van der Waals surface area contributed by atoms with E-state index in [0.29, 0.717) is 20.2 Å². The number of aryl methyl sites for hydroxylation is 1. The van der Waals surface area contributed by atoms with Crippen LogP contribution < -0.4 is 0 Å². The standard InChI is InChI=1S/C14H11Cl2N5O2S2/c1-8-2-3-9(4-10(8)15)21-7-17-19-14(21)24-6-12(22)23-5-11-13(16)25-20-18-11/h2-4,7H,5-6H2,1H3. The van der Waals surface area contributed by atoms with Crippen LogP contribution in [-0.4, -0.2) is 36.1 Å². The largest absolute Gasteiger partial charge is 0.458 e. The summed E-state index contributed by atoms with van der Waals surface area (Å²) in [4.78, 5) is 11.9. The fraction of sp³-hybridized carbons (Fsp3) is 0.214. The van der Waals surface area contributed by atoms with Crippen LogP contribution >= 0.6 is 46.5 Å². The van der Waals surface area contributed by atoms with E-state index in [9.17, 15) is 4.79 Å². The Hall–Kier alpha value is -1.68. The molecule has 7 nitrogen and oxygen atoms in total. The van der Waals surface area contributed by atoms with E-state index in [4.69, 9.17) is 27.9 Å². The Morgan fingerprint density at radius 1 is 1.36 bits per heavy atom. The zero-order valence-corrected chi connectivity index (χ0v) is 16.0. The van der Waals surface area contributed by atoms with Crippen molar-refractivity contribution in [2.75, 3.05) is 5.75 Å². The summed E-state index contributed by atoms with van der Waals surface area (Å²) < 4.78 is 11.0. The van der Waals surface area contributed by atoms with E-state index < -0.39 is 5.97 Å². The molecule has 130 valence electrons. The topological polar surface area (TPSA) is 82.8 Å². The summed E-state index contributed by atoms with van der Waals surface area (Å²) in [5.74, 6) is -0.335. The van der Waals surface area contributed by atoms with Crippen LogP contribution in [0.2, 0.25) is 9.36 Å². The summed E-state index contributed by atoms with van der Waals surface area (Å²) in [7, 11) is 0. The Balaban J connectivity index is 1.60. The molecular formula is C14H11Cl2N5O2S2. The van der Waals surface area contributed by atoms with Gasteiger partial charge in [0.05, 0.1) is 11.4 Å². The minimum atomic E-state index is -0.412.